The van der Waals surface area contributed by atoms with Crippen molar-refractivity contribution in [2.24, 2.45) is 0 Å². The fourth-order valence-corrected chi connectivity index (χ4v) is 7.13. The molecule has 3 atom stereocenters. The number of aliphatic hydroxyl groups is 1. The van der Waals surface area contributed by atoms with E-state index >= 15 is 0 Å². The Morgan fingerprint density at radius 3 is 2.76 bits per heavy atom. The number of aliphatic hydroxyl groups excluding tert-OH is 1. The summed E-state index contributed by atoms with van der Waals surface area (Å²) in [4.78, 5) is 17.7. The molecule has 7 nitrogen and oxygen atoms in total. The molecule has 1 saturated carbocycles. The molecule has 0 radical (unpaired) electrons. The quantitative estimate of drug-likeness (QED) is 0.587. The molecule has 0 bridgehead atoms. The lowest BCUT2D eigenvalue weighted by Gasteiger charge is -2.35. The van der Waals surface area contributed by atoms with Crippen molar-refractivity contribution >= 4 is 44.0 Å². The number of amides is 1. The van der Waals surface area contributed by atoms with Gasteiger partial charge < -0.3 is 10.4 Å². The van der Waals surface area contributed by atoms with Crippen molar-refractivity contribution in [3.63, 3.8) is 0 Å². The molecule has 1 amide bonds. The van der Waals surface area contributed by atoms with Gasteiger partial charge in [-0.25, -0.2) is 8.42 Å². The van der Waals surface area contributed by atoms with Crippen LogP contribution in [-0.4, -0.2) is 46.6 Å². The van der Waals surface area contributed by atoms with Gasteiger partial charge in [-0.05, 0) is 42.5 Å². The van der Waals surface area contributed by atoms with Crippen LogP contribution in [-0.2, 0) is 21.4 Å². The lowest BCUT2D eigenvalue weighted by atomic mass is 9.90. The van der Waals surface area contributed by atoms with E-state index in [9.17, 15) is 18.3 Å². The molecule has 1 aliphatic carbocycles. The van der Waals surface area contributed by atoms with Gasteiger partial charge in [0.1, 0.15) is 5.25 Å². The van der Waals surface area contributed by atoms with Gasteiger partial charge in [0.2, 0.25) is 15.9 Å². The second-order valence-electron chi connectivity index (χ2n) is 8.67. The van der Waals surface area contributed by atoms with Gasteiger partial charge in [0.15, 0.2) is 0 Å². The van der Waals surface area contributed by atoms with Crippen molar-refractivity contribution in [1.29, 1.82) is 0 Å². The first-order valence-electron chi connectivity index (χ1n) is 10.9. The maximum atomic E-state index is 13.5. The highest BCUT2D eigenvalue weighted by atomic mass is 35.5. The van der Waals surface area contributed by atoms with Crippen molar-refractivity contribution < 1.29 is 18.3 Å². The number of rotatable bonds is 4. The number of nitrogens with zero attached hydrogens (tertiary/aromatic N) is 2. The highest BCUT2D eigenvalue weighted by Crippen LogP contribution is 2.36. The average molecular weight is 486 g/mol. The van der Waals surface area contributed by atoms with Crippen LogP contribution in [0.25, 0.3) is 10.8 Å². The van der Waals surface area contributed by atoms with Gasteiger partial charge in [-0.2, -0.15) is 4.31 Å². The highest BCUT2D eigenvalue weighted by Gasteiger charge is 2.43. The Morgan fingerprint density at radius 1 is 1.15 bits per heavy atom. The Kier molecular flexibility index (Phi) is 5.86. The first-order chi connectivity index (χ1) is 15.8. The summed E-state index contributed by atoms with van der Waals surface area (Å²) in [6.07, 6.45) is 4.00. The van der Waals surface area contributed by atoms with Gasteiger partial charge in [0.05, 0.1) is 23.9 Å². The van der Waals surface area contributed by atoms with Crippen LogP contribution in [0.4, 0.5) is 5.69 Å². The third-order valence-electron chi connectivity index (χ3n) is 6.62. The molecule has 33 heavy (non-hydrogen) atoms. The van der Waals surface area contributed by atoms with Crippen molar-refractivity contribution in [3.05, 3.63) is 71.0 Å². The number of nitrogens with one attached hydrogen (secondary N) is 1. The number of halogens is 1. The molecule has 2 N–H and O–H groups in total. The summed E-state index contributed by atoms with van der Waals surface area (Å²) in [7, 11) is -3.78. The van der Waals surface area contributed by atoms with Crippen molar-refractivity contribution in [1.82, 2.24) is 9.29 Å². The van der Waals surface area contributed by atoms with E-state index in [4.69, 9.17) is 11.6 Å². The fourth-order valence-electron chi connectivity index (χ4n) is 4.89. The SMILES string of the molecule is O=C(Nc1cncc2ccccc12)C1CN(S(=O)(=O)[C@@H]2CCC[C@H]2O)Cc2ccc(Cl)cc21. The number of pyridine rings is 1. The maximum absolute atomic E-state index is 13.5. The molecule has 0 spiro atoms. The van der Waals surface area contributed by atoms with Crippen LogP contribution >= 0.6 is 11.6 Å². The number of hydrogen-bond donors (Lipinski definition) is 2. The molecule has 2 heterocycles. The summed E-state index contributed by atoms with van der Waals surface area (Å²) < 4.78 is 28.1. The average Bonchev–Trinajstić information content (AvgIpc) is 3.25. The Hall–Kier alpha value is -2.52. The molecule has 5 rings (SSSR count). The lowest BCUT2D eigenvalue weighted by Crippen LogP contribution is -2.47. The van der Waals surface area contributed by atoms with Gasteiger partial charge in [0, 0.05) is 35.1 Å². The molecule has 172 valence electrons. The predicted octanol–water partition coefficient (Wildman–Crippen LogP) is 3.67. The summed E-state index contributed by atoms with van der Waals surface area (Å²) in [5, 5.41) is 14.6. The molecular formula is C24H24ClN3O4S. The van der Waals surface area contributed by atoms with E-state index in [2.05, 4.69) is 10.3 Å². The monoisotopic (exact) mass is 485 g/mol. The van der Waals surface area contributed by atoms with Crippen LogP contribution in [0.15, 0.2) is 54.9 Å². The number of hydrogen-bond acceptors (Lipinski definition) is 5. The van der Waals surface area contributed by atoms with Crippen LogP contribution in [0.3, 0.4) is 0 Å². The molecule has 0 saturated heterocycles. The molecule has 1 unspecified atom stereocenters. The number of sulfonamides is 1. The zero-order chi connectivity index (χ0) is 23.2. The topological polar surface area (TPSA) is 99.6 Å². The maximum Gasteiger partial charge on any atom is 0.233 e. The normalized spacial score (nSPS) is 23.4. The zero-order valence-corrected chi connectivity index (χ0v) is 19.4. The number of benzene rings is 2. The third-order valence-corrected chi connectivity index (χ3v) is 9.17. The second-order valence-corrected chi connectivity index (χ2v) is 11.3. The van der Waals surface area contributed by atoms with E-state index in [1.807, 2.05) is 24.3 Å². The standard InChI is InChI=1S/C24H24ClN3O4S/c25-17-9-8-16-13-28(33(31,32)23-7-3-6-22(23)29)14-20(19(16)10-17)24(30)27-21-12-26-11-15-4-1-2-5-18(15)21/h1-2,4-5,8-12,20,22-23,29H,3,6-7,13-14H2,(H,27,30)/t20?,22-,23-/m1/s1. The van der Waals surface area contributed by atoms with Gasteiger partial charge >= 0.3 is 0 Å². The largest absolute Gasteiger partial charge is 0.392 e. The minimum absolute atomic E-state index is 0.0110. The number of carbonyl (C=O) groups is 1. The Bertz CT molecular complexity index is 1330. The first kappa shape index (κ1) is 22.3. The molecule has 1 aliphatic heterocycles. The number of carbonyl (C=O) groups excluding carboxylic acids is 1. The zero-order valence-electron chi connectivity index (χ0n) is 17.8. The molecule has 1 fully saturated rings. The Balaban J connectivity index is 1.50. The van der Waals surface area contributed by atoms with Gasteiger partial charge in [-0.1, -0.05) is 41.9 Å². The van der Waals surface area contributed by atoms with E-state index in [0.29, 0.717) is 35.5 Å². The molecule has 1 aromatic heterocycles. The van der Waals surface area contributed by atoms with E-state index in [1.54, 1.807) is 30.6 Å². The summed E-state index contributed by atoms with van der Waals surface area (Å²) >= 11 is 6.23. The minimum atomic E-state index is -3.78. The first-order valence-corrected chi connectivity index (χ1v) is 12.8. The third kappa shape index (κ3) is 4.12. The summed E-state index contributed by atoms with van der Waals surface area (Å²) in [6, 6.07) is 12.8. The molecule has 2 aliphatic rings. The number of anilines is 1. The van der Waals surface area contributed by atoms with Crippen molar-refractivity contribution in [2.75, 3.05) is 11.9 Å². The summed E-state index contributed by atoms with van der Waals surface area (Å²) in [5.41, 5.74) is 2.01. The van der Waals surface area contributed by atoms with E-state index in [0.717, 1.165) is 16.3 Å². The summed E-state index contributed by atoms with van der Waals surface area (Å²) in [6.45, 7) is 0.139. The van der Waals surface area contributed by atoms with E-state index in [-0.39, 0.29) is 19.0 Å². The second kappa shape index (κ2) is 8.68. The predicted molar refractivity (Wildman–Crippen MR) is 128 cm³/mol. The van der Waals surface area contributed by atoms with Gasteiger partial charge in [-0.15, -0.1) is 0 Å². The van der Waals surface area contributed by atoms with Crippen LogP contribution in [0.2, 0.25) is 5.02 Å². The number of fused-ring (bicyclic) bond motifs is 2. The molecule has 2 aromatic carbocycles. The Labute approximate surface area is 197 Å². The number of aromatic nitrogens is 1. The van der Waals surface area contributed by atoms with Crippen LogP contribution < -0.4 is 5.32 Å². The molecule has 3 aromatic rings. The lowest BCUT2D eigenvalue weighted by molar-refractivity contribution is -0.118. The van der Waals surface area contributed by atoms with Crippen LogP contribution in [0, 0.1) is 0 Å². The molecule has 9 heteroatoms. The van der Waals surface area contributed by atoms with Gasteiger partial charge in [-0.3, -0.25) is 9.78 Å². The fraction of sp³-hybridized carbons (Fsp3) is 0.333. The minimum Gasteiger partial charge on any atom is -0.392 e. The Morgan fingerprint density at radius 2 is 1.97 bits per heavy atom. The van der Waals surface area contributed by atoms with Crippen LogP contribution in [0.5, 0.6) is 0 Å². The van der Waals surface area contributed by atoms with E-state index < -0.39 is 27.3 Å². The highest BCUT2D eigenvalue weighted by molar-refractivity contribution is 7.89. The smallest absolute Gasteiger partial charge is 0.233 e. The van der Waals surface area contributed by atoms with Crippen molar-refractivity contribution in [2.45, 2.75) is 43.1 Å². The van der Waals surface area contributed by atoms with E-state index in [1.165, 1.54) is 4.31 Å². The van der Waals surface area contributed by atoms with Crippen LogP contribution in [0.1, 0.15) is 36.3 Å². The molecular weight excluding hydrogens is 462 g/mol. The van der Waals surface area contributed by atoms with Crippen molar-refractivity contribution in [3.8, 4) is 0 Å². The van der Waals surface area contributed by atoms with Gasteiger partial charge in [0.25, 0.3) is 0 Å². The summed E-state index contributed by atoms with van der Waals surface area (Å²) in [5.74, 6) is -1.08.